The van der Waals surface area contributed by atoms with Crippen molar-refractivity contribution >= 4 is 17.4 Å². The summed E-state index contributed by atoms with van der Waals surface area (Å²) < 4.78 is 14.1. The van der Waals surface area contributed by atoms with E-state index in [1.165, 1.54) is 6.07 Å². The van der Waals surface area contributed by atoms with Crippen LogP contribution < -0.4 is 10.2 Å². The van der Waals surface area contributed by atoms with Gasteiger partial charge in [-0.1, -0.05) is 11.6 Å². The highest BCUT2D eigenvalue weighted by atomic mass is 35.5. The maximum Gasteiger partial charge on any atom is 0.151 e. The van der Waals surface area contributed by atoms with E-state index < -0.39 is 5.82 Å². The quantitative estimate of drug-likeness (QED) is 0.844. The van der Waals surface area contributed by atoms with Crippen LogP contribution in [0.2, 0.25) is 5.02 Å². The number of benzene rings is 1. The van der Waals surface area contributed by atoms with Crippen molar-refractivity contribution in [3.63, 3.8) is 0 Å². The average Bonchev–Trinajstić information content (AvgIpc) is 2.51. The van der Waals surface area contributed by atoms with Crippen molar-refractivity contribution in [3.05, 3.63) is 41.2 Å². The number of piperidine rings is 1. The molecule has 1 aromatic carbocycles. The molecule has 1 saturated heterocycles. The minimum atomic E-state index is -0.394. The van der Waals surface area contributed by atoms with Crippen LogP contribution in [0.25, 0.3) is 11.3 Å². The molecule has 4 nitrogen and oxygen atoms in total. The normalized spacial score (nSPS) is 19.3. The molecule has 0 spiro atoms. The summed E-state index contributed by atoms with van der Waals surface area (Å²) in [5.41, 5.74) is 1.02. The Balaban J connectivity index is 1.82. The monoisotopic (exact) mass is 376 g/mol. The van der Waals surface area contributed by atoms with Gasteiger partial charge in [-0.05, 0) is 70.9 Å². The van der Waals surface area contributed by atoms with Gasteiger partial charge in [0, 0.05) is 34.8 Å². The van der Waals surface area contributed by atoms with Crippen molar-refractivity contribution in [3.8, 4) is 11.3 Å². The average molecular weight is 377 g/mol. The summed E-state index contributed by atoms with van der Waals surface area (Å²) >= 11 is 5.82. The summed E-state index contributed by atoms with van der Waals surface area (Å²) in [6.07, 6.45) is 2.03. The van der Waals surface area contributed by atoms with E-state index in [0.29, 0.717) is 22.3 Å². The molecular weight excluding hydrogens is 351 g/mol. The summed E-state index contributed by atoms with van der Waals surface area (Å²) in [6, 6.07) is 8.64. The molecule has 1 fully saturated rings. The van der Waals surface area contributed by atoms with Gasteiger partial charge in [-0.3, -0.25) is 0 Å². The van der Waals surface area contributed by atoms with Crippen molar-refractivity contribution in [2.24, 2.45) is 0 Å². The van der Waals surface area contributed by atoms with Crippen LogP contribution in [0, 0.1) is 5.82 Å². The number of anilines is 1. The van der Waals surface area contributed by atoms with E-state index in [1.54, 1.807) is 12.1 Å². The molecule has 1 aliphatic heterocycles. The van der Waals surface area contributed by atoms with E-state index in [1.807, 2.05) is 12.1 Å². The fourth-order valence-electron chi connectivity index (χ4n) is 4.08. The Morgan fingerprint density at radius 3 is 2.27 bits per heavy atom. The maximum atomic E-state index is 14.1. The minimum Gasteiger partial charge on any atom is -0.355 e. The van der Waals surface area contributed by atoms with Crippen molar-refractivity contribution in [1.29, 1.82) is 0 Å². The molecule has 1 aliphatic rings. The fraction of sp³-hybridized carbons (Fsp3) is 0.500. The summed E-state index contributed by atoms with van der Waals surface area (Å²) in [6.45, 7) is 8.92. The number of aromatic nitrogens is 2. The summed E-state index contributed by atoms with van der Waals surface area (Å²) in [5.74, 6) is 0.399. The minimum absolute atomic E-state index is 0.0560. The second kappa shape index (κ2) is 6.78. The zero-order valence-corrected chi connectivity index (χ0v) is 16.7. The van der Waals surface area contributed by atoms with Crippen LogP contribution >= 0.6 is 11.6 Å². The SMILES string of the molecule is CN(c1ccc(-c2ccc(Cl)cc2F)nn1)C1CC(C)(C)NC(C)(C)C1. The first-order chi connectivity index (χ1) is 12.1. The molecule has 0 radical (unpaired) electrons. The molecule has 0 bridgehead atoms. The molecule has 0 unspecified atom stereocenters. The van der Waals surface area contributed by atoms with Crippen molar-refractivity contribution in [1.82, 2.24) is 15.5 Å². The van der Waals surface area contributed by atoms with Gasteiger partial charge < -0.3 is 10.2 Å². The number of halogens is 2. The van der Waals surface area contributed by atoms with Crippen LogP contribution in [0.5, 0.6) is 0 Å². The summed E-state index contributed by atoms with van der Waals surface area (Å²) in [5, 5.41) is 12.6. The van der Waals surface area contributed by atoms with Gasteiger partial charge in [0.15, 0.2) is 5.82 Å². The lowest BCUT2D eigenvalue weighted by Crippen LogP contribution is -2.62. The molecule has 1 aromatic heterocycles. The van der Waals surface area contributed by atoms with Crippen LogP contribution in [-0.4, -0.2) is 34.4 Å². The lowest BCUT2D eigenvalue weighted by atomic mass is 9.79. The second-order valence-electron chi connectivity index (χ2n) is 8.47. The predicted molar refractivity (Wildman–Crippen MR) is 105 cm³/mol. The van der Waals surface area contributed by atoms with Crippen LogP contribution in [-0.2, 0) is 0 Å². The lowest BCUT2D eigenvalue weighted by molar-refractivity contribution is 0.160. The van der Waals surface area contributed by atoms with Gasteiger partial charge in [-0.15, -0.1) is 10.2 Å². The molecule has 3 rings (SSSR count). The Morgan fingerprint density at radius 1 is 1.08 bits per heavy atom. The molecule has 140 valence electrons. The highest BCUT2D eigenvalue weighted by Gasteiger charge is 2.39. The van der Waals surface area contributed by atoms with E-state index in [4.69, 9.17) is 11.6 Å². The van der Waals surface area contributed by atoms with E-state index in [2.05, 4.69) is 55.2 Å². The van der Waals surface area contributed by atoms with E-state index in [-0.39, 0.29) is 11.1 Å². The van der Waals surface area contributed by atoms with Gasteiger partial charge >= 0.3 is 0 Å². The molecule has 2 heterocycles. The zero-order valence-electron chi connectivity index (χ0n) is 16.0. The van der Waals surface area contributed by atoms with Gasteiger partial charge in [-0.2, -0.15) is 0 Å². The smallest absolute Gasteiger partial charge is 0.151 e. The first kappa shape index (κ1) is 19.1. The molecule has 0 amide bonds. The Labute approximate surface area is 159 Å². The Kier molecular flexibility index (Phi) is 4.97. The van der Waals surface area contributed by atoms with Gasteiger partial charge in [-0.25, -0.2) is 4.39 Å². The fourth-order valence-corrected chi connectivity index (χ4v) is 4.24. The third-order valence-corrected chi connectivity index (χ3v) is 5.17. The molecule has 6 heteroatoms. The van der Waals surface area contributed by atoms with Crippen molar-refractivity contribution in [2.75, 3.05) is 11.9 Å². The third kappa shape index (κ3) is 4.15. The molecule has 0 saturated carbocycles. The lowest BCUT2D eigenvalue weighted by Gasteiger charge is -2.49. The van der Waals surface area contributed by atoms with Crippen molar-refractivity contribution < 1.29 is 4.39 Å². The van der Waals surface area contributed by atoms with Crippen LogP contribution in [0.1, 0.15) is 40.5 Å². The molecule has 2 aromatic rings. The summed E-state index contributed by atoms with van der Waals surface area (Å²) in [4.78, 5) is 2.18. The van der Waals surface area contributed by atoms with Gasteiger partial charge in [0.2, 0.25) is 0 Å². The number of rotatable bonds is 3. The van der Waals surface area contributed by atoms with E-state index in [9.17, 15) is 4.39 Å². The molecular formula is C20H26ClFN4. The maximum absolute atomic E-state index is 14.1. The Morgan fingerprint density at radius 2 is 1.73 bits per heavy atom. The van der Waals surface area contributed by atoms with E-state index >= 15 is 0 Å². The van der Waals surface area contributed by atoms with Crippen LogP contribution in [0.15, 0.2) is 30.3 Å². The van der Waals surface area contributed by atoms with Crippen molar-refractivity contribution in [2.45, 2.75) is 57.7 Å². The standard InChI is InChI=1S/C20H26ClFN4/c1-19(2)11-14(12-20(3,4)25-19)26(5)18-9-8-17(23-24-18)15-7-6-13(21)10-16(15)22/h6-10,14,25H,11-12H2,1-5H3. The number of nitrogens with one attached hydrogen (secondary N) is 1. The first-order valence-electron chi connectivity index (χ1n) is 8.88. The van der Waals surface area contributed by atoms with Gasteiger partial charge in [0.1, 0.15) is 5.82 Å². The largest absolute Gasteiger partial charge is 0.355 e. The highest BCUT2D eigenvalue weighted by Crippen LogP contribution is 2.33. The highest BCUT2D eigenvalue weighted by molar-refractivity contribution is 6.30. The molecule has 1 N–H and O–H groups in total. The molecule has 0 atom stereocenters. The van der Waals surface area contributed by atoms with Gasteiger partial charge in [0.05, 0.1) is 5.69 Å². The van der Waals surface area contributed by atoms with Gasteiger partial charge in [0.25, 0.3) is 0 Å². The van der Waals surface area contributed by atoms with Crippen LogP contribution in [0.4, 0.5) is 10.2 Å². The molecule has 0 aliphatic carbocycles. The second-order valence-corrected chi connectivity index (χ2v) is 8.90. The number of hydrogen-bond acceptors (Lipinski definition) is 4. The topological polar surface area (TPSA) is 41.1 Å². The Hall–Kier alpha value is -1.72. The Bertz CT molecular complexity index is 773. The number of nitrogens with zero attached hydrogens (tertiary/aromatic N) is 3. The first-order valence-corrected chi connectivity index (χ1v) is 9.25. The molecule has 26 heavy (non-hydrogen) atoms. The summed E-state index contributed by atoms with van der Waals surface area (Å²) in [7, 11) is 2.05. The predicted octanol–water partition coefficient (Wildman–Crippen LogP) is 4.68. The zero-order chi connectivity index (χ0) is 19.1. The van der Waals surface area contributed by atoms with E-state index in [0.717, 1.165) is 18.7 Å². The number of hydrogen-bond donors (Lipinski definition) is 1. The van der Waals surface area contributed by atoms with Crippen LogP contribution in [0.3, 0.4) is 0 Å². The third-order valence-electron chi connectivity index (χ3n) is 4.94.